The zero-order chi connectivity index (χ0) is 17.4. The molecule has 0 bridgehead atoms. The molecule has 1 saturated carbocycles. The Morgan fingerprint density at radius 3 is 2.68 bits per heavy atom. The van der Waals surface area contributed by atoms with E-state index in [0.717, 1.165) is 19.4 Å². The van der Waals surface area contributed by atoms with Crippen LogP contribution in [-0.4, -0.2) is 61.1 Å². The number of ether oxygens (including phenoxy) is 1. The number of carbonyl (C=O) groups excluding carboxylic acids is 1. The molecule has 3 aliphatic rings. The fraction of sp³-hybridized carbons (Fsp3) is 0.632. The van der Waals surface area contributed by atoms with E-state index in [2.05, 4.69) is 4.90 Å². The van der Waals surface area contributed by atoms with Gasteiger partial charge in [0, 0.05) is 37.8 Å². The first-order chi connectivity index (χ1) is 12.1. The predicted molar refractivity (Wildman–Crippen MR) is 92.3 cm³/mol. The number of likely N-dealkylation sites (tertiary alicyclic amines) is 1. The van der Waals surface area contributed by atoms with E-state index in [0.29, 0.717) is 50.2 Å². The lowest BCUT2D eigenvalue weighted by Crippen LogP contribution is -2.47. The molecule has 1 aliphatic carbocycles. The number of fused-ring (bicyclic) bond motifs is 1. The first kappa shape index (κ1) is 16.9. The summed E-state index contributed by atoms with van der Waals surface area (Å²) in [5.74, 6) is 0.594. The second-order valence-corrected chi connectivity index (χ2v) is 7.48. The summed E-state index contributed by atoms with van der Waals surface area (Å²) in [7, 11) is 0. The number of halogens is 1. The number of nitrogens with zero attached hydrogens (tertiary/aromatic N) is 2. The Bertz CT molecular complexity index is 635. The average molecular weight is 347 g/mol. The Labute approximate surface area is 147 Å². The molecule has 0 aromatic heterocycles. The summed E-state index contributed by atoms with van der Waals surface area (Å²) >= 11 is 0. The van der Waals surface area contributed by atoms with Crippen LogP contribution in [0, 0.1) is 17.7 Å². The largest absolute Gasteiger partial charge is 0.379 e. The Balaban J connectivity index is 1.59. The second-order valence-electron chi connectivity index (χ2n) is 7.48. The quantitative estimate of drug-likeness (QED) is 0.898. The zero-order valence-corrected chi connectivity index (χ0v) is 14.4. The number of hydrogen-bond acceptors (Lipinski definition) is 4. The number of carbonyl (C=O) groups is 1. The van der Waals surface area contributed by atoms with Crippen molar-refractivity contribution < 1.29 is 13.9 Å². The molecule has 2 heterocycles. The third-order valence-electron chi connectivity index (χ3n) is 6.07. The monoisotopic (exact) mass is 347 g/mol. The topological polar surface area (TPSA) is 58.8 Å². The van der Waals surface area contributed by atoms with Gasteiger partial charge in [-0.15, -0.1) is 0 Å². The molecular weight excluding hydrogens is 321 g/mol. The highest BCUT2D eigenvalue weighted by molar-refractivity contribution is 5.83. The van der Waals surface area contributed by atoms with E-state index in [9.17, 15) is 9.18 Å². The van der Waals surface area contributed by atoms with Crippen LogP contribution in [0.3, 0.4) is 0 Å². The minimum atomic E-state index is -0.569. The van der Waals surface area contributed by atoms with Gasteiger partial charge in [0.15, 0.2) is 0 Å². The van der Waals surface area contributed by atoms with Crippen molar-refractivity contribution >= 4 is 5.91 Å². The second kappa shape index (κ2) is 7.02. The molecule has 1 amide bonds. The van der Waals surface area contributed by atoms with E-state index in [1.54, 1.807) is 18.2 Å². The molecule has 136 valence electrons. The molecule has 1 aromatic carbocycles. The summed E-state index contributed by atoms with van der Waals surface area (Å²) in [6.07, 6.45) is 2.15. The van der Waals surface area contributed by atoms with Crippen molar-refractivity contribution in [1.82, 2.24) is 9.80 Å². The molecule has 3 fully saturated rings. The van der Waals surface area contributed by atoms with Gasteiger partial charge in [-0.2, -0.15) is 0 Å². The summed E-state index contributed by atoms with van der Waals surface area (Å²) in [5, 5.41) is 0. The van der Waals surface area contributed by atoms with Gasteiger partial charge >= 0.3 is 0 Å². The van der Waals surface area contributed by atoms with Gasteiger partial charge in [-0.3, -0.25) is 9.69 Å². The first-order valence-corrected chi connectivity index (χ1v) is 9.25. The molecule has 2 N–H and O–H groups in total. The molecule has 1 aromatic rings. The number of amides is 1. The normalized spacial score (nSPS) is 31.1. The molecule has 2 saturated heterocycles. The highest BCUT2D eigenvalue weighted by atomic mass is 19.1. The van der Waals surface area contributed by atoms with Gasteiger partial charge in [0.1, 0.15) is 11.9 Å². The van der Waals surface area contributed by atoms with Crippen molar-refractivity contribution in [1.29, 1.82) is 0 Å². The molecule has 4 unspecified atom stereocenters. The van der Waals surface area contributed by atoms with Crippen molar-refractivity contribution in [3.63, 3.8) is 0 Å². The standard InChI is InChI=1S/C19H26FN3O2/c20-16-4-2-1-3-14(16)18(22-7-9-25-10-8-22)19(24)23-11-13-5-6-17(21)15(13)12-23/h1-4,13,15,17-18H,5-12,21H2. The summed E-state index contributed by atoms with van der Waals surface area (Å²) < 4.78 is 19.9. The maximum atomic E-state index is 14.5. The van der Waals surface area contributed by atoms with Crippen LogP contribution >= 0.6 is 0 Å². The Morgan fingerprint density at radius 2 is 1.96 bits per heavy atom. The van der Waals surface area contributed by atoms with Crippen LogP contribution in [0.15, 0.2) is 24.3 Å². The van der Waals surface area contributed by atoms with Gasteiger partial charge in [-0.25, -0.2) is 4.39 Å². The Morgan fingerprint density at radius 1 is 1.20 bits per heavy atom. The van der Waals surface area contributed by atoms with Crippen molar-refractivity contribution in [2.45, 2.75) is 24.9 Å². The minimum absolute atomic E-state index is 0.00796. The lowest BCUT2D eigenvalue weighted by Gasteiger charge is -2.36. The van der Waals surface area contributed by atoms with E-state index in [1.165, 1.54) is 6.07 Å². The van der Waals surface area contributed by atoms with Crippen LogP contribution in [0.5, 0.6) is 0 Å². The van der Waals surface area contributed by atoms with Crippen LogP contribution in [0.25, 0.3) is 0 Å². The fourth-order valence-electron chi connectivity index (χ4n) is 4.68. The molecule has 25 heavy (non-hydrogen) atoms. The van der Waals surface area contributed by atoms with Crippen molar-refractivity contribution in [2.75, 3.05) is 39.4 Å². The molecule has 6 heteroatoms. The molecule has 0 radical (unpaired) electrons. The summed E-state index contributed by atoms with van der Waals surface area (Å²) in [5.41, 5.74) is 6.68. The van der Waals surface area contributed by atoms with Gasteiger partial charge in [-0.1, -0.05) is 18.2 Å². The van der Waals surface area contributed by atoms with Gasteiger partial charge < -0.3 is 15.4 Å². The van der Waals surface area contributed by atoms with Crippen LogP contribution in [0.2, 0.25) is 0 Å². The minimum Gasteiger partial charge on any atom is -0.379 e. The van der Waals surface area contributed by atoms with Gasteiger partial charge in [-0.05, 0) is 30.7 Å². The molecule has 4 rings (SSSR count). The number of morpholine rings is 1. The van der Waals surface area contributed by atoms with Gasteiger partial charge in [0.05, 0.1) is 13.2 Å². The molecule has 4 atom stereocenters. The van der Waals surface area contributed by atoms with E-state index >= 15 is 0 Å². The van der Waals surface area contributed by atoms with E-state index in [1.807, 2.05) is 4.90 Å². The SMILES string of the molecule is NC1CCC2CN(C(=O)C(c3ccccc3F)N3CCOCC3)CC12. The van der Waals surface area contributed by atoms with E-state index in [4.69, 9.17) is 10.5 Å². The van der Waals surface area contributed by atoms with Gasteiger partial charge in [0.25, 0.3) is 0 Å². The maximum absolute atomic E-state index is 14.5. The van der Waals surface area contributed by atoms with Crippen LogP contribution < -0.4 is 5.73 Å². The maximum Gasteiger partial charge on any atom is 0.244 e. The molecule has 0 spiro atoms. The highest BCUT2D eigenvalue weighted by Gasteiger charge is 2.45. The molecule has 2 aliphatic heterocycles. The Hall–Kier alpha value is -1.50. The lowest BCUT2D eigenvalue weighted by atomic mass is 9.98. The third kappa shape index (κ3) is 3.18. The average Bonchev–Trinajstić information content (AvgIpc) is 3.20. The van der Waals surface area contributed by atoms with Crippen molar-refractivity contribution in [3.05, 3.63) is 35.6 Å². The van der Waals surface area contributed by atoms with Crippen molar-refractivity contribution in [3.8, 4) is 0 Å². The predicted octanol–water partition coefficient (Wildman–Crippen LogP) is 1.39. The van der Waals surface area contributed by atoms with Gasteiger partial charge in [0.2, 0.25) is 5.91 Å². The highest BCUT2D eigenvalue weighted by Crippen LogP contribution is 2.39. The lowest BCUT2D eigenvalue weighted by molar-refractivity contribution is -0.138. The van der Waals surface area contributed by atoms with Crippen LogP contribution in [0.1, 0.15) is 24.4 Å². The summed E-state index contributed by atoms with van der Waals surface area (Å²) in [6, 6.07) is 6.26. The van der Waals surface area contributed by atoms with Crippen molar-refractivity contribution in [2.24, 2.45) is 17.6 Å². The zero-order valence-electron chi connectivity index (χ0n) is 14.4. The molecule has 5 nitrogen and oxygen atoms in total. The number of nitrogens with two attached hydrogens (primary N) is 1. The molecular formula is C19H26FN3O2. The number of rotatable bonds is 3. The third-order valence-corrected chi connectivity index (χ3v) is 6.07. The fourth-order valence-corrected chi connectivity index (χ4v) is 4.68. The first-order valence-electron chi connectivity index (χ1n) is 9.25. The number of hydrogen-bond donors (Lipinski definition) is 1. The number of benzene rings is 1. The summed E-state index contributed by atoms with van der Waals surface area (Å²) in [6.45, 7) is 3.91. The summed E-state index contributed by atoms with van der Waals surface area (Å²) in [4.78, 5) is 17.3. The smallest absolute Gasteiger partial charge is 0.244 e. The van der Waals surface area contributed by atoms with Crippen LogP contribution in [-0.2, 0) is 9.53 Å². The Kier molecular flexibility index (Phi) is 4.75. The van der Waals surface area contributed by atoms with E-state index in [-0.39, 0.29) is 17.8 Å². The van der Waals surface area contributed by atoms with E-state index < -0.39 is 6.04 Å². The van der Waals surface area contributed by atoms with Crippen LogP contribution in [0.4, 0.5) is 4.39 Å².